The summed E-state index contributed by atoms with van der Waals surface area (Å²) < 4.78 is 3.06. The Labute approximate surface area is 124 Å². The Kier molecular flexibility index (Phi) is 3.84. The fraction of sp³-hybridized carbons (Fsp3) is 0.308. The minimum absolute atomic E-state index is 0.0961. The fourth-order valence-electron chi connectivity index (χ4n) is 2.02. The Morgan fingerprint density at radius 2 is 2.25 bits per heavy atom. The minimum atomic E-state index is -0.0961. The van der Waals surface area contributed by atoms with Crippen LogP contribution in [0.5, 0.6) is 0 Å². The topological polar surface area (TPSA) is 52.2 Å². The summed E-state index contributed by atoms with van der Waals surface area (Å²) in [6.07, 6.45) is 3.40. The second-order valence-corrected chi connectivity index (χ2v) is 5.61. The maximum atomic E-state index is 12.1. The third-order valence-electron chi connectivity index (χ3n) is 2.99. The van der Waals surface area contributed by atoms with Gasteiger partial charge in [0.15, 0.2) is 5.65 Å². The fourth-order valence-corrected chi connectivity index (χ4v) is 3.09. The molecule has 3 rings (SSSR count). The average Bonchev–Trinajstić information content (AvgIpc) is 3.05. The quantitative estimate of drug-likeness (QED) is 0.680. The van der Waals surface area contributed by atoms with Gasteiger partial charge in [0.1, 0.15) is 0 Å². The van der Waals surface area contributed by atoms with Gasteiger partial charge in [-0.25, -0.2) is 14.5 Å². The first-order valence-corrected chi connectivity index (χ1v) is 7.73. The Balaban J connectivity index is 1.68. The SMILES string of the molecule is O=c1n(CCCc2nc(CCl)cs2)nc2ccccn12. The molecular formula is C13H13ClN4OS. The summed E-state index contributed by atoms with van der Waals surface area (Å²) in [6.45, 7) is 0.594. The first-order valence-electron chi connectivity index (χ1n) is 6.31. The molecule has 104 valence electrons. The maximum Gasteiger partial charge on any atom is 0.350 e. The maximum absolute atomic E-state index is 12.1. The summed E-state index contributed by atoms with van der Waals surface area (Å²) in [5, 5.41) is 7.32. The molecule has 5 nitrogen and oxygen atoms in total. The molecule has 0 amide bonds. The highest BCUT2D eigenvalue weighted by atomic mass is 35.5. The van der Waals surface area contributed by atoms with Gasteiger partial charge in [0.05, 0.1) is 16.6 Å². The van der Waals surface area contributed by atoms with Gasteiger partial charge in [0, 0.05) is 24.5 Å². The summed E-state index contributed by atoms with van der Waals surface area (Å²) in [7, 11) is 0. The largest absolute Gasteiger partial charge is 0.350 e. The first kappa shape index (κ1) is 13.3. The highest BCUT2D eigenvalue weighted by Crippen LogP contribution is 2.13. The number of rotatable bonds is 5. The lowest BCUT2D eigenvalue weighted by Gasteiger charge is -1.97. The van der Waals surface area contributed by atoms with Crippen molar-refractivity contribution in [1.82, 2.24) is 19.2 Å². The van der Waals surface area contributed by atoms with Crippen LogP contribution in [0.2, 0.25) is 0 Å². The summed E-state index contributed by atoms with van der Waals surface area (Å²) in [6, 6.07) is 5.52. The number of fused-ring (bicyclic) bond motifs is 1. The van der Waals surface area contributed by atoms with Gasteiger partial charge in [-0.3, -0.25) is 4.40 Å². The number of aryl methyl sites for hydroxylation is 2. The third kappa shape index (κ3) is 2.62. The molecule has 3 aromatic rings. The molecule has 0 fully saturated rings. The zero-order valence-corrected chi connectivity index (χ0v) is 12.3. The van der Waals surface area contributed by atoms with E-state index in [9.17, 15) is 4.79 Å². The van der Waals surface area contributed by atoms with Crippen LogP contribution in [0.15, 0.2) is 34.6 Å². The van der Waals surface area contributed by atoms with Crippen LogP contribution < -0.4 is 5.69 Å². The van der Waals surface area contributed by atoms with Crippen LogP contribution >= 0.6 is 22.9 Å². The standard InChI is InChI=1S/C13H13ClN4OS/c14-8-10-9-20-12(15-10)5-3-7-18-13(19)17-6-2-1-4-11(17)16-18/h1-2,4,6,9H,3,5,7-8H2. The van der Waals surface area contributed by atoms with Crippen molar-refractivity contribution in [3.8, 4) is 0 Å². The number of thiazole rings is 1. The molecular weight excluding hydrogens is 296 g/mol. The zero-order valence-electron chi connectivity index (χ0n) is 10.7. The van der Waals surface area contributed by atoms with E-state index in [1.807, 2.05) is 23.6 Å². The van der Waals surface area contributed by atoms with Gasteiger partial charge in [0.25, 0.3) is 0 Å². The lowest BCUT2D eigenvalue weighted by atomic mass is 10.3. The van der Waals surface area contributed by atoms with E-state index < -0.39 is 0 Å². The first-order chi connectivity index (χ1) is 9.78. The van der Waals surface area contributed by atoms with E-state index in [1.54, 1.807) is 21.9 Å². The monoisotopic (exact) mass is 308 g/mol. The third-order valence-corrected chi connectivity index (χ3v) is 4.22. The Morgan fingerprint density at radius 1 is 1.35 bits per heavy atom. The predicted octanol–water partition coefficient (Wildman–Crippen LogP) is 2.32. The number of hydrogen-bond acceptors (Lipinski definition) is 4. The zero-order chi connectivity index (χ0) is 13.9. The van der Waals surface area contributed by atoms with Gasteiger partial charge in [-0.15, -0.1) is 28.0 Å². The van der Waals surface area contributed by atoms with Gasteiger partial charge in [-0.05, 0) is 18.6 Å². The molecule has 7 heteroatoms. The van der Waals surface area contributed by atoms with Crippen molar-refractivity contribution < 1.29 is 0 Å². The average molecular weight is 309 g/mol. The molecule has 3 heterocycles. The molecule has 20 heavy (non-hydrogen) atoms. The van der Waals surface area contributed by atoms with Crippen molar-refractivity contribution in [1.29, 1.82) is 0 Å². The molecule has 0 aliphatic rings. The molecule has 0 aliphatic carbocycles. The van der Waals surface area contributed by atoms with E-state index in [-0.39, 0.29) is 5.69 Å². The van der Waals surface area contributed by atoms with E-state index in [0.29, 0.717) is 18.1 Å². The van der Waals surface area contributed by atoms with Crippen LogP contribution in [0.1, 0.15) is 17.1 Å². The van der Waals surface area contributed by atoms with Crippen molar-refractivity contribution in [2.75, 3.05) is 0 Å². The lowest BCUT2D eigenvalue weighted by Crippen LogP contribution is -2.21. The van der Waals surface area contributed by atoms with Crippen molar-refractivity contribution in [2.45, 2.75) is 25.3 Å². The smallest absolute Gasteiger partial charge is 0.250 e. The Bertz CT molecular complexity index is 776. The second-order valence-electron chi connectivity index (χ2n) is 4.40. The van der Waals surface area contributed by atoms with Gasteiger partial charge in [-0.2, -0.15) is 0 Å². The lowest BCUT2D eigenvalue weighted by molar-refractivity contribution is 0.560. The predicted molar refractivity (Wildman–Crippen MR) is 79.4 cm³/mol. The number of aromatic nitrogens is 4. The molecule has 0 aromatic carbocycles. The van der Waals surface area contributed by atoms with Crippen LogP contribution in [-0.2, 0) is 18.8 Å². The van der Waals surface area contributed by atoms with E-state index >= 15 is 0 Å². The summed E-state index contributed by atoms with van der Waals surface area (Å²) in [5.74, 6) is 0.447. The van der Waals surface area contributed by atoms with Crippen molar-refractivity contribution in [3.05, 3.63) is 51.0 Å². The second kappa shape index (κ2) is 5.76. The minimum Gasteiger partial charge on any atom is -0.250 e. The van der Waals surface area contributed by atoms with Gasteiger partial charge < -0.3 is 0 Å². The van der Waals surface area contributed by atoms with Crippen molar-refractivity contribution in [2.24, 2.45) is 0 Å². The van der Waals surface area contributed by atoms with Gasteiger partial charge in [-0.1, -0.05) is 6.07 Å². The van der Waals surface area contributed by atoms with E-state index in [4.69, 9.17) is 11.6 Å². The van der Waals surface area contributed by atoms with Crippen LogP contribution in [0.3, 0.4) is 0 Å². The summed E-state index contributed by atoms with van der Waals surface area (Å²) in [4.78, 5) is 16.5. The van der Waals surface area contributed by atoms with E-state index in [0.717, 1.165) is 23.5 Å². The number of alkyl halides is 1. The van der Waals surface area contributed by atoms with Crippen LogP contribution in [-0.4, -0.2) is 19.2 Å². The highest BCUT2D eigenvalue weighted by molar-refractivity contribution is 7.09. The van der Waals surface area contributed by atoms with Gasteiger partial charge in [0.2, 0.25) is 0 Å². The molecule has 3 aromatic heterocycles. The van der Waals surface area contributed by atoms with Crippen molar-refractivity contribution >= 4 is 28.6 Å². The summed E-state index contributed by atoms with van der Waals surface area (Å²) in [5.41, 5.74) is 1.49. The summed E-state index contributed by atoms with van der Waals surface area (Å²) >= 11 is 7.33. The molecule has 0 radical (unpaired) electrons. The number of nitrogens with zero attached hydrogens (tertiary/aromatic N) is 4. The number of halogens is 1. The number of hydrogen-bond donors (Lipinski definition) is 0. The molecule has 0 spiro atoms. The van der Waals surface area contributed by atoms with E-state index in [2.05, 4.69) is 10.1 Å². The molecule has 0 aliphatic heterocycles. The molecule has 0 atom stereocenters. The molecule has 0 unspecified atom stereocenters. The Morgan fingerprint density at radius 3 is 3.00 bits per heavy atom. The van der Waals surface area contributed by atoms with Gasteiger partial charge >= 0.3 is 5.69 Å². The molecule has 0 N–H and O–H groups in total. The van der Waals surface area contributed by atoms with E-state index in [1.165, 1.54) is 4.68 Å². The molecule has 0 saturated heterocycles. The highest BCUT2D eigenvalue weighted by Gasteiger charge is 2.06. The van der Waals surface area contributed by atoms with Crippen LogP contribution in [0, 0.1) is 0 Å². The molecule has 0 bridgehead atoms. The number of pyridine rings is 1. The normalized spacial score (nSPS) is 11.2. The van der Waals surface area contributed by atoms with Crippen LogP contribution in [0.4, 0.5) is 0 Å². The van der Waals surface area contributed by atoms with Crippen molar-refractivity contribution in [3.63, 3.8) is 0 Å². The Hall–Kier alpha value is -1.66. The molecule has 0 saturated carbocycles. The van der Waals surface area contributed by atoms with Crippen LogP contribution in [0.25, 0.3) is 5.65 Å².